The molecule has 0 aliphatic heterocycles. The molecule has 1 amide bonds. The number of guanidine groups is 1. The molecule has 0 atom stereocenters. The average Bonchev–Trinajstić information content (AvgIpc) is 2.43. The molecule has 0 saturated heterocycles. The van der Waals surface area contributed by atoms with Crippen molar-refractivity contribution < 1.29 is 9.90 Å². The molecule has 5 N–H and O–H groups in total. The summed E-state index contributed by atoms with van der Waals surface area (Å²) in [5, 5.41) is 14.8. The van der Waals surface area contributed by atoms with Gasteiger partial charge in [0.1, 0.15) is 5.75 Å². The third kappa shape index (κ3) is 8.71. The lowest BCUT2D eigenvalue weighted by Gasteiger charge is -2.08. The van der Waals surface area contributed by atoms with Gasteiger partial charge in [-0.05, 0) is 36.6 Å². The summed E-state index contributed by atoms with van der Waals surface area (Å²) in [5.74, 6) is 0.950. The Morgan fingerprint density at radius 3 is 2.41 bits per heavy atom. The highest BCUT2D eigenvalue weighted by atomic mass is 127. The van der Waals surface area contributed by atoms with Crippen molar-refractivity contribution in [2.75, 3.05) is 19.6 Å². The first-order chi connectivity index (χ1) is 9.99. The van der Waals surface area contributed by atoms with Crippen LogP contribution in [0, 0.1) is 5.92 Å². The van der Waals surface area contributed by atoms with Crippen molar-refractivity contribution in [1.82, 2.24) is 10.6 Å². The molecule has 0 bridgehead atoms. The summed E-state index contributed by atoms with van der Waals surface area (Å²) in [7, 11) is 0. The lowest BCUT2D eigenvalue weighted by molar-refractivity contribution is 0.0954. The zero-order valence-electron chi connectivity index (χ0n) is 13.0. The zero-order valence-corrected chi connectivity index (χ0v) is 15.3. The van der Waals surface area contributed by atoms with Crippen LogP contribution in [0.2, 0.25) is 0 Å². The predicted molar refractivity (Wildman–Crippen MR) is 99.8 cm³/mol. The number of hydrogen-bond acceptors (Lipinski definition) is 3. The third-order valence-electron chi connectivity index (χ3n) is 2.83. The number of carbonyl (C=O) groups is 1. The van der Waals surface area contributed by atoms with Crippen LogP contribution in [0.5, 0.6) is 5.75 Å². The van der Waals surface area contributed by atoms with Crippen LogP contribution in [-0.2, 0) is 0 Å². The maximum atomic E-state index is 11.8. The third-order valence-corrected chi connectivity index (χ3v) is 2.83. The molecule has 0 aliphatic carbocycles. The molecule has 1 aromatic rings. The van der Waals surface area contributed by atoms with Crippen LogP contribution < -0.4 is 16.4 Å². The fourth-order valence-electron chi connectivity index (χ4n) is 1.58. The highest BCUT2D eigenvalue weighted by Gasteiger charge is 2.04. The first kappa shape index (κ1) is 20.5. The number of carbonyl (C=O) groups excluding carboxylic acids is 1. The monoisotopic (exact) mass is 420 g/mol. The number of nitrogens with one attached hydrogen (secondary N) is 2. The first-order valence-corrected chi connectivity index (χ1v) is 7.10. The minimum absolute atomic E-state index is 0. The molecule has 124 valence electrons. The Kier molecular flexibility index (Phi) is 10.3. The molecule has 1 rings (SSSR count). The number of amides is 1. The molecule has 0 heterocycles. The second-order valence-electron chi connectivity index (χ2n) is 5.18. The van der Waals surface area contributed by atoms with Crippen LogP contribution in [0.4, 0.5) is 0 Å². The van der Waals surface area contributed by atoms with Gasteiger partial charge in [0.15, 0.2) is 5.96 Å². The van der Waals surface area contributed by atoms with Crippen molar-refractivity contribution >= 4 is 35.8 Å². The lowest BCUT2D eigenvalue weighted by atomic mass is 10.1. The van der Waals surface area contributed by atoms with E-state index in [1.54, 1.807) is 12.1 Å². The van der Waals surface area contributed by atoms with Crippen molar-refractivity contribution in [2.24, 2.45) is 16.6 Å². The summed E-state index contributed by atoms with van der Waals surface area (Å²) in [4.78, 5) is 16.0. The molecule has 22 heavy (non-hydrogen) atoms. The standard InChI is InChI=1S/C15H24N4O2.HI/c1-11(2)7-8-18-15(16)19-10-9-17-14(21)12-3-5-13(20)6-4-12;/h3-6,11,20H,7-10H2,1-2H3,(H,17,21)(H3,16,18,19);1H. The topological polar surface area (TPSA) is 99.7 Å². The van der Waals surface area contributed by atoms with Gasteiger partial charge in [-0.15, -0.1) is 24.0 Å². The van der Waals surface area contributed by atoms with E-state index < -0.39 is 0 Å². The molecule has 6 nitrogen and oxygen atoms in total. The zero-order chi connectivity index (χ0) is 15.7. The summed E-state index contributed by atoms with van der Waals surface area (Å²) in [6.07, 6.45) is 1.000. The molecule has 1 aromatic carbocycles. The smallest absolute Gasteiger partial charge is 0.251 e. The Morgan fingerprint density at radius 2 is 1.82 bits per heavy atom. The number of aliphatic imine (C=N–C) groups is 1. The molecule has 0 fully saturated rings. The van der Waals surface area contributed by atoms with Gasteiger partial charge in [0.05, 0.1) is 0 Å². The SMILES string of the molecule is CC(C)CCN=C(N)NCCNC(=O)c1ccc(O)cc1.I. The van der Waals surface area contributed by atoms with Crippen LogP contribution in [0.15, 0.2) is 29.3 Å². The summed E-state index contributed by atoms with van der Waals surface area (Å²) < 4.78 is 0. The number of rotatable bonds is 7. The van der Waals surface area contributed by atoms with E-state index in [0.717, 1.165) is 6.42 Å². The quantitative estimate of drug-likeness (QED) is 0.234. The number of phenols is 1. The molecule has 0 aliphatic rings. The van der Waals surface area contributed by atoms with Gasteiger partial charge in [0, 0.05) is 25.2 Å². The van der Waals surface area contributed by atoms with Gasteiger partial charge in [-0.2, -0.15) is 0 Å². The van der Waals surface area contributed by atoms with E-state index in [9.17, 15) is 4.79 Å². The molecule has 0 radical (unpaired) electrons. The van der Waals surface area contributed by atoms with Crippen LogP contribution >= 0.6 is 24.0 Å². The Labute approximate surface area is 148 Å². The number of nitrogens with two attached hydrogens (primary N) is 1. The Morgan fingerprint density at radius 1 is 1.23 bits per heavy atom. The second kappa shape index (κ2) is 11.1. The minimum atomic E-state index is -0.188. The van der Waals surface area contributed by atoms with Gasteiger partial charge in [-0.3, -0.25) is 9.79 Å². The molecule has 0 unspecified atom stereocenters. The van der Waals surface area contributed by atoms with E-state index in [1.165, 1.54) is 12.1 Å². The largest absolute Gasteiger partial charge is 0.508 e. The van der Waals surface area contributed by atoms with Crippen molar-refractivity contribution in [3.05, 3.63) is 29.8 Å². The second-order valence-corrected chi connectivity index (χ2v) is 5.18. The lowest BCUT2D eigenvalue weighted by Crippen LogP contribution is -2.38. The number of hydrogen-bond donors (Lipinski definition) is 4. The number of phenolic OH excluding ortho intramolecular Hbond substituents is 1. The van der Waals surface area contributed by atoms with E-state index in [0.29, 0.717) is 37.1 Å². The average molecular weight is 420 g/mol. The van der Waals surface area contributed by atoms with Gasteiger partial charge in [0.25, 0.3) is 5.91 Å². The molecule has 0 saturated carbocycles. The first-order valence-electron chi connectivity index (χ1n) is 7.10. The van der Waals surface area contributed by atoms with Crippen molar-refractivity contribution in [2.45, 2.75) is 20.3 Å². The van der Waals surface area contributed by atoms with E-state index in [-0.39, 0.29) is 35.6 Å². The molecular weight excluding hydrogens is 395 g/mol. The summed E-state index contributed by atoms with van der Waals surface area (Å²) in [5.41, 5.74) is 6.21. The minimum Gasteiger partial charge on any atom is -0.508 e. The molecular formula is C15H25IN4O2. The number of nitrogens with zero attached hydrogens (tertiary/aromatic N) is 1. The maximum Gasteiger partial charge on any atom is 0.251 e. The van der Waals surface area contributed by atoms with Gasteiger partial charge >= 0.3 is 0 Å². The highest BCUT2D eigenvalue weighted by Crippen LogP contribution is 2.09. The van der Waals surface area contributed by atoms with Gasteiger partial charge in [-0.1, -0.05) is 13.8 Å². The Hall–Kier alpha value is -1.51. The van der Waals surface area contributed by atoms with E-state index in [1.807, 2.05) is 0 Å². The van der Waals surface area contributed by atoms with Crippen molar-refractivity contribution in [1.29, 1.82) is 0 Å². The van der Waals surface area contributed by atoms with E-state index >= 15 is 0 Å². The maximum absolute atomic E-state index is 11.8. The van der Waals surface area contributed by atoms with Crippen molar-refractivity contribution in [3.8, 4) is 5.75 Å². The van der Waals surface area contributed by atoms with Gasteiger partial charge in [0.2, 0.25) is 0 Å². The fourth-order valence-corrected chi connectivity index (χ4v) is 1.58. The van der Waals surface area contributed by atoms with Crippen molar-refractivity contribution in [3.63, 3.8) is 0 Å². The van der Waals surface area contributed by atoms with E-state index in [4.69, 9.17) is 10.8 Å². The predicted octanol–water partition coefficient (Wildman–Crippen LogP) is 1.69. The fraction of sp³-hybridized carbons (Fsp3) is 0.467. The summed E-state index contributed by atoms with van der Waals surface area (Å²) in [6, 6.07) is 6.10. The van der Waals surface area contributed by atoms with Crippen LogP contribution in [0.25, 0.3) is 0 Å². The number of aromatic hydroxyl groups is 1. The molecule has 0 spiro atoms. The summed E-state index contributed by atoms with van der Waals surface area (Å²) in [6.45, 7) is 5.94. The normalized spacial score (nSPS) is 11.0. The Bertz CT molecular complexity index is 475. The van der Waals surface area contributed by atoms with Gasteiger partial charge in [-0.25, -0.2) is 0 Å². The number of benzene rings is 1. The molecule has 7 heteroatoms. The van der Waals surface area contributed by atoms with Gasteiger partial charge < -0.3 is 21.5 Å². The van der Waals surface area contributed by atoms with Crippen LogP contribution in [-0.4, -0.2) is 36.6 Å². The Balaban J connectivity index is 0.00000441. The highest BCUT2D eigenvalue weighted by molar-refractivity contribution is 14.0. The number of halogens is 1. The van der Waals surface area contributed by atoms with Crippen LogP contribution in [0.3, 0.4) is 0 Å². The summed E-state index contributed by atoms with van der Waals surface area (Å²) >= 11 is 0. The molecule has 0 aromatic heterocycles. The van der Waals surface area contributed by atoms with Crippen LogP contribution in [0.1, 0.15) is 30.6 Å². The van der Waals surface area contributed by atoms with E-state index in [2.05, 4.69) is 29.5 Å².